The molecule has 0 spiro atoms. The van der Waals surface area contributed by atoms with E-state index in [1.54, 1.807) is 0 Å². The number of likely N-dealkylation sites (N-methyl/N-ethyl adjacent to an activating group) is 1. The molecule has 0 aliphatic carbocycles. The number of hydrogen-bond acceptors (Lipinski definition) is 2. The number of aliphatic hydroxyl groups excluding tert-OH is 1. The molecule has 4 rings (SSSR count). The maximum atomic E-state index is 10.9. The molecule has 2 atom stereocenters. The van der Waals surface area contributed by atoms with Gasteiger partial charge >= 0.3 is 0 Å². The second-order valence-electron chi connectivity index (χ2n) is 7.58. The second-order valence-corrected chi connectivity index (χ2v) is 7.58. The van der Waals surface area contributed by atoms with Crippen LogP contribution in [-0.4, -0.2) is 29.4 Å². The number of nitrogens with one attached hydrogen (secondary N) is 1. The third-order valence-corrected chi connectivity index (χ3v) is 5.55. The van der Waals surface area contributed by atoms with Gasteiger partial charge < -0.3 is 15.0 Å². The first kappa shape index (κ1) is 19.4. The standard InChI is InChI=1S/C26H28N2O/c1-27-19-25(29)26(22-10-6-3-7-11-22)28-17-16-23-18-21(14-15-24(23)28)13-12-20-8-4-2-5-9-20/h2-11,14-18,25-27,29H,12-13,19H2,1H3/t25-,26+/m1/s1. The Kier molecular flexibility index (Phi) is 6.09. The minimum Gasteiger partial charge on any atom is -0.389 e. The Bertz CT molecular complexity index is 1040. The third-order valence-electron chi connectivity index (χ3n) is 5.55. The summed E-state index contributed by atoms with van der Waals surface area (Å²) in [5.74, 6) is 0. The van der Waals surface area contributed by atoms with Crippen LogP contribution in [0.5, 0.6) is 0 Å². The van der Waals surface area contributed by atoms with Gasteiger partial charge in [0.05, 0.1) is 12.1 Å². The topological polar surface area (TPSA) is 37.2 Å². The van der Waals surface area contributed by atoms with E-state index in [1.165, 1.54) is 16.5 Å². The van der Waals surface area contributed by atoms with Crippen molar-refractivity contribution in [3.05, 3.63) is 108 Å². The van der Waals surface area contributed by atoms with E-state index in [-0.39, 0.29) is 6.04 Å². The molecule has 4 aromatic rings. The Morgan fingerprint density at radius 1 is 0.828 bits per heavy atom. The van der Waals surface area contributed by atoms with Crippen molar-refractivity contribution in [2.75, 3.05) is 13.6 Å². The number of aromatic nitrogens is 1. The van der Waals surface area contributed by atoms with Gasteiger partial charge in [0.2, 0.25) is 0 Å². The summed E-state index contributed by atoms with van der Waals surface area (Å²) in [4.78, 5) is 0. The lowest BCUT2D eigenvalue weighted by Gasteiger charge is -2.26. The van der Waals surface area contributed by atoms with E-state index in [0.717, 1.165) is 23.9 Å². The van der Waals surface area contributed by atoms with Crippen molar-refractivity contribution in [1.82, 2.24) is 9.88 Å². The van der Waals surface area contributed by atoms with Gasteiger partial charge in [0.1, 0.15) is 0 Å². The smallest absolute Gasteiger partial charge is 0.0912 e. The van der Waals surface area contributed by atoms with Crippen LogP contribution >= 0.6 is 0 Å². The molecule has 0 radical (unpaired) electrons. The van der Waals surface area contributed by atoms with Crippen LogP contribution in [0.4, 0.5) is 0 Å². The van der Waals surface area contributed by atoms with E-state index in [1.807, 2.05) is 25.2 Å². The van der Waals surface area contributed by atoms with Crippen molar-refractivity contribution in [3.63, 3.8) is 0 Å². The lowest BCUT2D eigenvalue weighted by Crippen LogP contribution is -2.33. The lowest BCUT2D eigenvalue weighted by atomic mass is 10.00. The number of aliphatic hydroxyl groups is 1. The molecule has 3 nitrogen and oxygen atoms in total. The monoisotopic (exact) mass is 384 g/mol. The summed E-state index contributed by atoms with van der Waals surface area (Å²) in [7, 11) is 1.87. The first-order chi connectivity index (χ1) is 14.3. The van der Waals surface area contributed by atoms with Crippen molar-refractivity contribution < 1.29 is 5.11 Å². The summed E-state index contributed by atoms with van der Waals surface area (Å²) < 4.78 is 2.20. The van der Waals surface area contributed by atoms with Crippen molar-refractivity contribution >= 4 is 10.9 Å². The highest BCUT2D eigenvalue weighted by Crippen LogP contribution is 2.28. The van der Waals surface area contributed by atoms with Crippen LogP contribution in [0.15, 0.2) is 91.1 Å². The number of hydrogen-bond donors (Lipinski definition) is 2. The van der Waals surface area contributed by atoms with Gasteiger partial charge in [-0.3, -0.25) is 0 Å². The van der Waals surface area contributed by atoms with E-state index in [9.17, 15) is 5.11 Å². The fourth-order valence-corrected chi connectivity index (χ4v) is 4.08. The summed E-state index contributed by atoms with van der Waals surface area (Å²) >= 11 is 0. The number of fused-ring (bicyclic) bond motifs is 1. The molecule has 29 heavy (non-hydrogen) atoms. The van der Waals surface area contributed by atoms with Gasteiger partial charge in [0.25, 0.3) is 0 Å². The zero-order chi connectivity index (χ0) is 20.1. The molecular weight excluding hydrogens is 356 g/mol. The summed E-state index contributed by atoms with van der Waals surface area (Å²) in [5.41, 5.74) is 4.97. The molecule has 0 unspecified atom stereocenters. The Morgan fingerprint density at radius 2 is 1.52 bits per heavy atom. The summed E-state index contributed by atoms with van der Waals surface area (Å²) in [6.07, 6.45) is 3.65. The maximum absolute atomic E-state index is 10.9. The van der Waals surface area contributed by atoms with E-state index in [0.29, 0.717) is 6.54 Å². The van der Waals surface area contributed by atoms with E-state index >= 15 is 0 Å². The molecule has 1 heterocycles. The third kappa shape index (κ3) is 4.42. The van der Waals surface area contributed by atoms with Crippen LogP contribution in [0.1, 0.15) is 22.7 Å². The molecule has 0 saturated heterocycles. The normalized spacial score (nSPS) is 13.4. The molecule has 148 valence electrons. The Labute approximate surface area is 172 Å². The van der Waals surface area contributed by atoms with Crippen LogP contribution in [0, 0.1) is 0 Å². The van der Waals surface area contributed by atoms with E-state index in [2.05, 4.69) is 82.8 Å². The van der Waals surface area contributed by atoms with Crippen molar-refractivity contribution in [2.24, 2.45) is 0 Å². The number of aryl methyl sites for hydroxylation is 2. The summed E-state index contributed by atoms with van der Waals surface area (Å²) in [5, 5.41) is 15.2. The van der Waals surface area contributed by atoms with Crippen LogP contribution in [0.3, 0.4) is 0 Å². The summed E-state index contributed by atoms with van der Waals surface area (Å²) in [6, 6.07) is 29.6. The van der Waals surface area contributed by atoms with E-state index in [4.69, 9.17) is 0 Å². The van der Waals surface area contributed by atoms with Gasteiger partial charge in [0, 0.05) is 18.3 Å². The summed E-state index contributed by atoms with van der Waals surface area (Å²) in [6.45, 7) is 0.536. The predicted octanol–water partition coefficient (Wildman–Crippen LogP) is 4.60. The van der Waals surface area contributed by atoms with Crippen molar-refractivity contribution in [1.29, 1.82) is 0 Å². The zero-order valence-corrected chi connectivity index (χ0v) is 16.8. The minimum absolute atomic E-state index is 0.128. The SMILES string of the molecule is CNC[C@@H](O)[C@H](c1ccccc1)n1ccc2cc(CCc3ccccc3)ccc21. The Hall–Kier alpha value is -2.88. The van der Waals surface area contributed by atoms with Crippen LogP contribution in [-0.2, 0) is 12.8 Å². The highest BCUT2D eigenvalue weighted by Gasteiger charge is 2.23. The van der Waals surface area contributed by atoms with Crippen LogP contribution < -0.4 is 5.32 Å². The van der Waals surface area contributed by atoms with Gasteiger partial charge in [-0.1, -0.05) is 66.7 Å². The van der Waals surface area contributed by atoms with E-state index < -0.39 is 6.10 Å². The predicted molar refractivity (Wildman–Crippen MR) is 120 cm³/mol. The zero-order valence-electron chi connectivity index (χ0n) is 16.8. The highest BCUT2D eigenvalue weighted by molar-refractivity contribution is 5.81. The average molecular weight is 385 g/mol. The molecule has 0 bridgehead atoms. The molecule has 3 aromatic carbocycles. The quantitative estimate of drug-likeness (QED) is 0.466. The van der Waals surface area contributed by atoms with Gasteiger partial charge in [-0.2, -0.15) is 0 Å². The molecule has 0 aliphatic rings. The molecule has 0 fully saturated rings. The average Bonchev–Trinajstić information content (AvgIpc) is 3.17. The largest absolute Gasteiger partial charge is 0.389 e. The van der Waals surface area contributed by atoms with Crippen molar-refractivity contribution in [2.45, 2.75) is 25.0 Å². The number of nitrogens with zero attached hydrogens (tertiary/aromatic N) is 1. The maximum Gasteiger partial charge on any atom is 0.0912 e. The van der Waals surface area contributed by atoms with Crippen LogP contribution in [0.25, 0.3) is 10.9 Å². The number of rotatable bonds is 8. The fraction of sp³-hybridized carbons (Fsp3) is 0.231. The Balaban J connectivity index is 1.63. The minimum atomic E-state index is -0.518. The first-order valence-corrected chi connectivity index (χ1v) is 10.3. The lowest BCUT2D eigenvalue weighted by molar-refractivity contribution is 0.132. The Morgan fingerprint density at radius 3 is 2.24 bits per heavy atom. The van der Waals surface area contributed by atoms with Gasteiger partial charge in [-0.25, -0.2) is 0 Å². The van der Waals surface area contributed by atoms with Crippen molar-refractivity contribution in [3.8, 4) is 0 Å². The highest BCUT2D eigenvalue weighted by atomic mass is 16.3. The molecule has 3 heteroatoms. The fourth-order valence-electron chi connectivity index (χ4n) is 4.08. The first-order valence-electron chi connectivity index (χ1n) is 10.3. The van der Waals surface area contributed by atoms with Crippen LogP contribution in [0.2, 0.25) is 0 Å². The second kappa shape index (κ2) is 9.08. The molecule has 0 aliphatic heterocycles. The number of benzene rings is 3. The molecule has 1 aromatic heterocycles. The van der Waals surface area contributed by atoms with Gasteiger partial charge in [-0.15, -0.1) is 0 Å². The molecule has 0 saturated carbocycles. The van der Waals surface area contributed by atoms with Gasteiger partial charge in [0.15, 0.2) is 0 Å². The molecule has 0 amide bonds. The van der Waals surface area contributed by atoms with Gasteiger partial charge in [-0.05, 0) is 60.2 Å². The molecular formula is C26H28N2O. The molecule has 2 N–H and O–H groups in total.